The molecule has 0 heterocycles. The number of hydrogen-bond acceptors (Lipinski definition) is 3. The molecule has 1 unspecified atom stereocenters. The number of aryl methyl sites for hydroxylation is 1. The van der Waals surface area contributed by atoms with Crippen molar-refractivity contribution in [3.63, 3.8) is 0 Å². The highest BCUT2D eigenvalue weighted by molar-refractivity contribution is 7.83. The van der Waals surface area contributed by atoms with Crippen LogP contribution in [-0.4, -0.2) is 11.3 Å². The third-order valence-corrected chi connectivity index (χ3v) is 4.46. The third-order valence-electron chi connectivity index (χ3n) is 3.20. The Labute approximate surface area is 122 Å². The number of hydrogen-bond donors (Lipinski definition) is 1. The Morgan fingerprint density at radius 1 is 1.10 bits per heavy atom. The van der Waals surface area contributed by atoms with Crippen molar-refractivity contribution in [2.45, 2.75) is 18.4 Å². The largest absolute Gasteiger partial charge is 0.496 e. The summed E-state index contributed by atoms with van der Waals surface area (Å²) in [4.78, 5) is 0. The quantitative estimate of drug-likeness (QED) is 0.861. The van der Waals surface area contributed by atoms with E-state index in [1.807, 2.05) is 43.3 Å². The van der Waals surface area contributed by atoms with Crippen molar-refractivity contribution in [3.05, 3.63) is 59.2 Å². The number of methoxy groups -OCH3 is 1. The lowest BCUT2D eigenvalue weighted by Crippen LogP contribution is -2.03. The van der Waals surface area contributed by atoms with Crippen LogP contribution >= 0.6 is 0 Å². The lowest BCUT2D eigenvalue weighted by atomic mass is 10.1. The molecule has 0 aromatic heterocycles. The zero-order valence-electron chi connectivity index (χ0n) is 11.8. The van der Waals surface area contributed by atoms with Crippen molar-refractivity contribution in [1.82, 2.24) is 0 Å². The Morgan fingerprint density at radius 3 is 2.50 bits per heavy atom. The molecule has 3 nitrogen and oxygen atoms in total. The molecule has 0 fully saturated rings. The SMILES string of the molecule is COc1ccc(N)cc1CS(=O)Cc1ccccc1C. The molecule has 0 saturated heterocycles. The van der Waals surface area contributed by atoms with Crippen LogP contribution in [0.4, 0.5) is 5.69 Å². The van der Waals surface area contributed by atoms with E-state index in [0.29, 0.717) is 17.2 Å². The van der Waals surface area contributed by atoms with Gasteiger partial charge < -0.3 is 10.5 Å². The van der Waals surface area contributed by atoms with Gasteiger partial charge in [0.05, 0.1) is 12.9 Å². The highest BCUT2D eigenvalue weighted by Gasteiger charge is 2.10. The van der Waals surface area contributed by atoms with Gasteiger partial charge in [-0.15, -0.1) is 0 Å². The molecule has 2 rings (SSSR count). The highest BCUT2D eigenvalue weighted by Crippen LogP contribution is 2.23. The summed E-state index contributed by atoms with van der Waals surface area (Å²) in [6.07, 6.45) is 0. The first-order chi connectivity index (χ1) is 9.60. The van der Waals surface area contributed by atoms with Crippen molar-refractivity contribution >= 4 is 16.5 Å². The van der Waals surface area contributed by atoms with Crippen LogP contribution in [0, 0.1) is 6.92 Å². The van der Waals surface area contributed by atoms with Gasteiger partial charge in [-0.1, -0.05) is 24.3 Å². The maximum atomic E-state index is 12.3. The molecular weight excluding hydrogens is 270 g/mol. The molecule has 0 bridgehead atoms. The Hall–Kier alpha value is -1.81. The van der Waals surface area contributed by atoms with Gasteiger partial charge in [0.25, 0.3) is 0 Å². The summed E-state index contributed by atoms with van der Waals surface area (Å²) in [5.41, 5.74) is 9.62. The summed E-state index contributed by atoms with van der Waals surface area (Å²) in [7, 11) is 0.622. The lowest BCUT2D eigenvalue weighted by Gasteiger charge is -2.10. The van der Waals surface area contributed by atoms with Crippen LogP contribution < -0.4 is 10.5 Å². The van der Waals surface area contributed by atoms with E-state index in [4.69, 9.17) is 10.5 Å². The van der Waals surface area contributed by atoms with E-state index < -0.39 is 10.8 Å². The molecule has 0 spiro atoms. The van der Waals surface area contributed by atoms with Gasteiger partial charge in [0.2, 0.25) is 0 Å². The topological polar surface area (TPSA) is 52.3 Å². The molecule has 0 radical (unpaired) electrons. The average molecular weight is 289 g/mol. The van der Waals surface area contributed by atoms with Gasteiger partial charge >= 0.3 is 0 Å². The second-order valence-electron chi connectivity index (χ2n) is 4.73. The van der Waals surface area contributed by atoms with Crippen molar-refractivity contribution in [2.75, 3.05) is 12.8 Å². The van der Waals surface area contributed by atoms with Crippen LogP contribution in [0.15, 0.2) is 42.5 Å². The normalized spacial score (nSPS) is 12.1. The van der Waals surface area contributed by atoms with E-state index in [1.165, 1.54) is 5.56 Å². The molecule has 20 heavy (non-hydrogen) atoms. The van der Waals surface area contributed by atoms with Crippen molar-refractivity contribution in [3.8, 4) is 5.75 Å². The molecule has 106 valence electrons. The van der Waals surface area contributed by atoms with Crippen LogP contribution in [0.2, 0.25) is 0 Å². The average Bonchev–Trinajstić information content (AvgIpc) is 2.41. The van der Waals surface area contributed by atoms with E-state index in [-0.39, 0.29) is 0 Å². The van der Waals surface area contributed by atoms with E-state index in [0.717, 1.165) is 16.9 Å². The van der Waals surface area contributed by atoms with Crippen LogP contribution in [0.1, 0.15) is 16.7 Å². The minimum absolute atomic E-state index is 0.447. The van der Waals surface area contributed by atoms with Crippen LogP contribution in [-0.2, 0) is 22.3 Å². The van der Waals surface area contributed by atoms with Crippen molar-refractivity contribution in [2.24, 2.45) is 0 Å². The minimum atomic E-state index is -0.988. The number of nitrogen functional groups attached to an aromatic ring is 1. The summed E-state index contributed by atoms with van der Waals surface area (Å²) in [5, 5.41) is 0. The van der Waals surface area contributed by atoms with Gasteiger partial charge in [0.1, 0.15) is 5.75 Å². The summed E-state index contributed by atoms with van der Waals surface area (Å²) in [6.45, 7) is 2.04. The fraction of sp³-hybridized carbons (Fsp3) is 0.250. The van der Waals surface area contributed by atoms with Gasteiger partial charge in [-0.05, 0) is 36.2 Å². The minimum Gasteiger partial charge on any atom is -0.496 e. The molecule has 1 atom stereocenters. The number of rotatable bonds is 5. The molecule has 0 aliphatic rings. The maximum absolute atomic E-state index is 12.3. The Kier molecular flexibility index (Phi) is 4.79. The first-order valence-corrected chi connectivity index (χ1v) is 7.91. The molecule has 0 amide bonds. The van der Waals surface area contributed by atoms with Crippen LogP contribution in [0.25, 0.3) is 0 Å². The van der Waals surface area contributed by atoms with Gasteiger partial charge in [-0.25, -0.2) is 0 Å². The standard InChI is InChI=1S/C16H19NO2S/c1-12-5-3-4-6-13(12)10-20(18)11-14-9-15(17)7-8-16(14)19-2/h3-9H,10-11,17H2,1-2H3. The molecule has 2 aromatic carbocycles. The Morgan fingerprint density at radius 2 is 1.80 bits per heavy atom. The van der Waals surface area contributed by atoms with E-state index in [9.17, 15) is 4.21 Å². The van der Waals surface area contributed by atoms with E-state index in [2.05, 4.69) is 0 Å². The molecule has 0 saturated carbocycles. The first-order valence-electron chi connectivity index (χ1n) is 6.42. The fourth-order valence-corrected chi connectivity index (χ4v) is 3.43. The predicted molar refractivity (Wildman–Crippen MR) is 84.1 cm³/mol. The fourth-order valence-electron chi connectivity index (χ4n) is 2.08. The predicted octanol–water partition coefficient (Wildman–Crippen LogP) is 3.03. The number of anilines is 1. The monoisotopic (exact) mass is 289 g/mol. The van der Waals surface area contributed by atoms with Crippen molar-refractivity contribution < 1.29 is 8.95 Å². The van der Waals surface area contributed by atoms with Gasteiger partial charge in [-0.3, -0.25) is 4.21 Å². The molecule has 0 aliphatic carbocycles. The number of nitrogens with two attached hydrogens (primary N) is 1. The summed E-state index contributed by atoms with van der Waals surface area (Å²) >= 11 is 0. The van der Waals surface area contributed by atoms with E-state index in [1.54, 1.807) is 13.2 Å². The Balaban J connectivity index is 2.12. The molecule has 4 heteroatoms. The van der Waals surface area contributed by atoms with Crippen molar-refractivity contribution in [1.29, 1.82) is 0 Å². The second kappa shape index (κ2) is 6.57. The van der Waals surface area contributed by atoms with Gasteiger partial charge in [0, 0.05) is 27.8 Å². The number of benzene rings is 2. The molecule has 2 aromatic rings. The molecular formula is C16H19NO2S. The van der Waals surface area contributed by atoms with Gasteiger partial charge in [-0.2, -0.15) is 0 Å². The molecule has 2 N–H and O–H groups in total. The number of ether oxygens (including phenoxy) is 1. The van der Waals surface area contributed by atoms with E-state index >= 15 is 0 Å². The maximum Gasteiger partial charge on any atom is 0.123 e. The first kappa shape index (κ1) is 14.6. The van der Waals surface area contributed by atoms with Crippen LogP contribution in [0.5, 0.6) is 5.75 Å². The summed E-state index contributed by atoms with van der Waals surface area (Å²) < 4.78 is 17.6. The second-order valence-corrected chi connectivity index (χ2v) is 6.18. The highest BCUT2D eigenvalue weighted by atomic mass is 32.2. The molecule has 0 aliphatic heterocycles. The third kappa shape index (κ3) is 3.61. The zero-order valence-corrected chi connectivity index (χ0v) is 12.6. The van der Waals surface area contributed by atoms with Gasteiger partial charge in [0.15, 0.2) is 0 Å². The summed E-state index contributed by atoms with van der Waals surface area (Å²) in [6, 6.07) is 13.4. The smallest absolute Gasteiger partial charge is 0.123 e. The Bertz CT molecular complexity index is 626. The zero-order chi connectivity index (χ0) is 14.5. The lowest BCUT2D eigenvalue weighted by molar-refractivity contribution is 0.411. The summed E-state index contributed by atoms with van der Waals surface area (Å²) in [5.74, 6) is 1.73. The van der Waals surface area contributed by atoms with Crippen LogP contribution in [0.3, 0.4) is 0 Å².